The lowest BCUT2D eigenvalue weighted by Gasteiger charge is -2.39. The number of nitrogens with zero attached hydrogens (tertiary/aromatic N) is 2. The molecule has 0 radical (unpaired) electrons. The number of rotatable bonds is 16. The van der Waals surface area contributed by atoms with Crippen molar-refractivity contribution < 1.29 is 4.79 Å². The average molecular weight is 396 g/mol. The van der Waals surface area contributed by atoms with Gasteiger partial charge in [0.15, 0.2) is 0 Å². The molecule has 0 aromatic heterocycles. The standard InChI is InChI=1S/C24H47N2O2/c1-3-5-7-9-11-13-15-17-23-19-24(27)21-25(22-26(28)20-23)18-16-14-12-10-8-6-4-2/h23H,3-22H2,1-2H3/q-1. The van der Waals surface area contributed by atoms with E-state index in [4.69, 9.17) is 0 Å². The fraction of sp³-hybridized carbons (Fsp3) is 0.958. The minimum absolute atomic E-state index is 0.265. The molecule has 0 aromatic rings. The zero-order valence-electron chi connectivity index (χ0n) is 18.9. The molecule has 1 atom stereocenters. The highest BCUT2D eigenvalue weighted by molar-refractivity contribution is 5.80. The molecule has 0 spiro atoms. The summed E-state index contributed by atoms with van der Waals surface area (Å²) in [6.07, 6.45) is 19.6. The lowest BCUT2D eigenvalue weighted by Crippen LogP contribution is -2.43. The Kier molecular flexibility index (Phi) is 15.9. The van der Waals surface area contributed by atoms with E-state index < -0.39 is 0 Å². The van der Waals surface area contributed by atoms with Crippen molar-refractivity contribution in [3.8, 4) is 0 Å². The first-order chi connectivity index (χ1) is 13.7. The van der Waals surface area contributed by atoms with Gasteiger partial charge in [0.05, 0.1) is 6.54 Å². The summed E-state index contributed by atoms with van der Waals surface area (Å²) in [5.41, 5.74) is 0. The maximum absolute atomic E-state index is 12.4. The lowest BCUT2D eigenvalue weighted by molar-refractivity contribution is -0.122. The topological polar surface area (TPSA) is 46.6 Å². The second-order valence-corrected chi connectivity index (χ2v) is 9.00. The van der Waals surface area contributed by atoms with Crippen molar-refractivity contribution in [1.29, 1.82) is 0 Å². The van der Waals surface area contributed by atoms with Crippen molar-refractivity contribution in [2.45, 2.75) is 117 Å². The Bertz CT molecular complexity index is 344. The first kappa shape index (κ1) is 25.6. The molecule has 166 valence electrons. The van der Waals surface area contributed by atoms with Crippen molar-refractivity contribution in [3.63, 3.8) is 0 Å². The number of hydrogen-bond acceptors (Lipinski definition) is 4. The number of unbranched alkanes of at least 4 members (excludes halogenated alkanes) is 12. The minimum Gasteiger partial charge on any atom is -0.784 e. The number of ketones is 1. The number of carbonyl (C=O) groups excluding carboxylic acids is 1. The summed E-state index contributed by atoms with van der Waals surface area (Å²) < 4.78 is 0. The van der Waals surface area contributed by atoms with Gasteiger partial charge in [-0.25, -0.2) is 0 Å². The van der Waals surface area contributed by atoms with E-state index in [0.29, 0.717) is 32.0 Å². The molecule has 1 fully saturated rings. The van der Waals surface area contributed by atoms with Crippen LogP contribution >= 0.6 is 0 Å². The van der Waals surface area contributed by atoms with Gasteiger partial charge in [-0.1, -0.05) is 97.3 Å². The third kappa shape index (κ3) is 13.7. The third-order valence-corrected chi connectivity index (χ3v) is 6.03. The number of hydrogen-bond donors (Lipinski definition) is 0. The molecule has 0 amide bonds. The van der Waals surface area contributed by atoms with Crippen LogP contribution in [-0.2, 0) is 4.79 Å². The van der Waals surface area contributed by atoms with Crippen molar-refractivity contribution in [1.82, 2.24) is 9.96 Å². The third-order valence-electron chi connectivity index (χ3n) is 6.03. The van der Waals surface area contributed by atoms with E-state index in [1.807, 2.05) is 0 Å². The molecule has 0 bridgehead atoms. The van der Waals surface area contributed by atoms with Crippen LogP contribution in [0.5, 0.6) is 0 Å². The predicted molar refractivity (Wildman–Crippen MR) is 120 cm³/mol. The van der Waals surface area contributed by atoms with Crippen LogP contribution in [0.2, 0.25) is 0 Å². The molecule has 1 heterocycles. The monoisotopic (exact) mass is 395 g/mol. The second-order valence-electron chi connectivity index (χ2n) is 9.00. The van der Waals surface area contributed by atoms with E-state index in [9.17, 15) is 10.0 Å². The summed E-state index contributed by atoms with van der Waals surface area (Å²) >= 11 is 0. The Hall–Kier alpha value is -0.450. The summed E-state index contributed by atoms with van der Waals surface area (Å²) in [4.78, 5) is 14.5. The maximum atomic E-state index is 12.4. The van der Waals surface area contributed by atoms with Gasteiger partial charge in [0.25, 0.3) is 0 Å². The van der Waals surface area contributed by atoms with Crippen LogP contribution in [0.15, 0.2) is 0 Å². The summed E-state index contributed by atoms with van der Waals surface area (Å²) in [7, 11) is 0. The number of Topliss-reactive ketones (excluding diaryl/α,β-unsaturated/α-hetero) is 1. The van der Waals surface area contributed by atoms with Crippen LogP contribution in [0.4, 0.5) is 0 Å². The second kappa shape index (κ2) is 17.4. The lowest BCUT2D eigenvalue weighted by atomic mass is 9.94. The molecule has 1 rings (SSSR count). The number of hydroxylamine groups is 2. The predicted octanol–water partition coefficient (Wildman–Crippen LogP) is 6.53. The van der Waals surface area contributed by atoms with Gasteiger partial charge in [0, 0.05) is 13.1 Å². The van der Waals surface area contributed by atoms with Gasteiger partial charge >= 0.3 is 0 Å². The highest BCUT2D eigenvalue weighted by Crippen LogP contribution is 2.20. The highest BCUT2D eigenvalue weighted by atomic mass is 16.5. The molecule has 4 nitrogen and oxygen atoms in total. The zero-order chi connectivity index (χ0) is 20.5. The highest BCUT2D eigenvalue weighted by Gasteiger charge is 2.21. The fourth-order valence-corrected chi connectivity index (χ4v) is 4.35. The van der Waals surface area contributed by atoms with E-state index in [1.165, 1.54) is 88.5 Å². The molecule has 1 saturated heterocycles. The minimum atomic E-state index is 0.265. The van der Waals surface area contributed by atoms with Gasteiger partial charge in [-0.15, -0.1) is 0 Å². The molecule has 28 heavy (non-hydrogen) atoms. The van der Waals surface area contributed by atoms with Gasteiger partial charge in [-0.3, -0.25) is 9.69 Å². The van der Waals surface area contributed by atoms with Crippen molar-refractivity contribution in [2.24, 2.45) is 5.92 Å². The Morgan fingerprint density at radius 3 is 1.96 bits per heavy atom. The first-order valence-electron chi connectivity index (χ1n) is 12.3. The summed E-state index contributed by atoms with van der Waals surface area (Å²) in [5.74, 6) is 0.602. The summed E-state index contributed by atoms with van der Waals surface area (Å²) in [6.45, 7) is 6.80. The van der Waals surface area contributed by atoms with Gasteiger partial charge < -0.3 is 10.3 Å². The Morgan fingerprint density at radius 1 is 0.821 bits per heavy atom. The van der Waals surface area contributed by atoms with Crippen LogP contribution in [-0.4, -0.2) is 42.0 Å². The molecule has 0 aliphatic carbocycles. The molecular formula is C24H47N2O2-. The van der Waals surface area contributed by atoms with Crippen LogP contribution in [0.25, 0.3) is 0 Å². The largest absolute Gasteiger partial charge is 0.784 e. The van der Waals surface area contributed by atoms with E-state index in [2.05, 4.69) is 18.7 Å². The van der Waals surface area contributed by atoms with Crippen LogP contribution < -0.4 is 0 Å². The van der Waals surface area contributed by atoms with Crippen LogP contribution in [0, 0.1) is 11.1 Å². The molecule has 1 unspecified atom stereocenters. The maximum Gasteiger partial charge on any atom is 0.147 e. The molecular weight excluding hydrogens is 348 g/mol. The molecule has 0 aromatic carbocycles. The molecule has 0 saturated carbocycles. The normalized spacial score (nSPS) is 19.7. The summed E-state index contributed by atoms with van der Waals surface area (Å²) in [5, 5.41) is 13.5. The van der Waals surface area contributed by atoms with E-state index in [0.717, 1.165) is 19.4 Å². The first-order valence-corrected chi connectivity index (χ1v) is 12.3. The van der Waals surface area contributed by atoms with Crippen molar-refractivity contribution >= 4 is 5.78 Å². The van der Waals surface area contributed by atoms with Gasteiger partial charge in [-0.2, -0.15) is 0 Å². The Balaban J connectivity index is 2.17. The van der Waals surface area contributed by atoms with Crippen molar-refractivity contribution in [2.75, 3.05) is 26.3 Å². The van der Waals surface area contributed by atoms with Crippen molar-refractivity contribution in [3.05, 3.63) is 5.21 Å². The molecule has 0 N–H and O–H groups in total. The van der Waals surface area contributed by atoms with Crippen LogP contribution in [0.3, 0.4) is 0 Å². The summed E-state index contributed by atoms with van der Waals surface area (Å²) in [6, 6.07) is 0. The Labute approximate surface area is 175 Å². The average Bonchev–Trinajstić information content (AvgIpc) is 2.65. The zero-order valence-corrected chi connectivity index (χ0v) is 18.9. The fourth-order valence-electron chi connectivity index (χ4n) is 4.35. The SMILES string of the molecule is CCCCCCCCCC1CC(=O)CN(CCCCCCCCC)CN([O-])C1. The molecule has 1 aliphatic rings. The van der Waals surface area contributed by atoms with E-state index in [1.54, 1.807) is 0 Å². The van der Waals surface area contributed by atoms with Gasteiger partial charge in [0.1, 0.15) is 5.78 Å². The smallest absolute Gasteiger partial charge is 0.147 e. The molecule has 1 aliphatic heterocycles. The quantitative estimate of drug-likeness (QED) is 0.279. The Morgan fingerprint density at radius 2 is 1.36 bits per heavy atom. The van der Waals surface area contributed by atoms with E-state index in [-0.39, 0.29) is 5.92 Å². The molecule has 4 heteroatoms. The van der Waals surface area contributed by atoms with E-state index >= 15 is 0 Å². The van der Waals surface area contributed by atoms with Gasteiger partial charge in [0.2, 0.25) is 0 Å². The van der Waals surface area contributed by atoms with Gasteiger partial charge in [-0.05, 0) is 31.8 Å². The number of carbonyl (C=O) groups is 1. The van der Waals surface area contributed by atoms with Crippen LogP contribution in [0.1, 0.15) is 117 Å².